The Morgan fingerprint density at radius 1 is 1.39 bits per heavy atom. The normalized spacial score (nSPS) is 15.8. The van der Waals surface area contributed by atoms with Crippen molar-refractivity contribution in [2.45, 2.75) is 32.9 Å². The molecule has 146 valence electrons. The minimum Gasteiger partial charge on any atom is -0.491 e. The molecule has 4 rings (SSSR count). The topological polar surface area (TPSA) is 85.8 Å². The first-order valence-corrected chi connectivity index (χ1v) is 9.99. The van der Waals surface area contributed by atoms with Crippen molar-refractivity contribution >= 4 is 28.0 Å². The molecule has 8 heteroatoms. The van der Waals surface area contributed by atoms with E-state index >= 15 is 0 Å². The maximum atomic E-state index is 13.0. The highest BCUT2D eigenvalue weighted by Gasteiger charge is 2.23. The van der Waals surface area contributed by atoms with Crippen LogP contribution in [-0.2, 0) is 4.74 Å². The van der Waals surface area contributed by atoms with Crippen molar-refractivity contribution in [2.75, 3.05) is 13.2 Å². The second kappa shape index (κ2) is 7.37. The minimum atomic E-state index is -0.295. The molecule has 7 nitrogen and oxygen atoms in total. The summed E-state index contributed by atoms with van der Waals surface area (Å²) >= 11 is 1.44. The molecule has 0 saturated carbocycles. The van der Waals surface area contributed by atoms with Gasteiger partial charge in [-0.3, -0.25) is 9.59 Å². The Morgan fingerprint density at radius 2 is 2.11 bits per heavy atom. The molecule has 0 aliphatic carbocycles. The van der Waals surface area contributed by atoms with Crippen LogP contribution < -0.4 is 15.6 Å². The SMILES string of the molecule is Cc1scc2c(C(=O)NC(C)C)nn(-c3ccc(OCC4CO4)cc3)c(=O)c12. The minimum absolute atomic E-state index is 0.0312. The Morgan fingerprint density at radius 3 is 2.75 bits per heavy atom. The number of rotatable bonds is 6. The molecular weight excluding hydrogens is 378 g/mol. The van der Waals surface area contributed by atoms with Crippen LogP contribution in [0.4, 0.5) is 0 Å². The number of epoxide rings is 1. The lowest BCUT2D eigenvalue weighted by molar-refractivity contribution is 0.0938. The van der Waals surface area contributed by atoms with Crippen molar-refractivity contribution in [2.24, 2.45) is 0 Å². The lowest BCUT2D eigenvalue weighted by Gasteiger charge is -2.12. The van der Waals surface area contributed by atoms with Crippen LogP contribution in [0.15, 0.2) is 34.4 Å². The van der Waals surface area contributed by atoms with Gasteiger partial charge in [-0.25, -0.2) is 0 Å². The summed E-state index contributed by atoms with van der Waals surface area (Å²) in [5.41, 5.74) is 0.583. The van der Waals surface area contributed by atoms with Gasteiger partial charge >= 0.3 is 0 Å². The van der Waals surface area contributed by atoms with Gasteiger partial charge in [0.15, 0.2) is 5.69 Å². The summed E-state index contributed by atoms with van der Waals surface area (Å²) in [7, 11) is 0. The summed E-state index contributed by atoms with van der Waals surface area (Å²) in [5.74, 6) is 0.397. The second-order valence-electron chi connectivity index (χ2n) is 7.03. The summed E-state index contributed by atoms with van der Waals surface area (Å²) < 4.78 is 12.1. The number of benzene rings is 1. The number of nitrogens with one attached hydrogen (secondary N) is 1. The average Bonchev–Trinajstić information content (AvgIpc) is 3.41. The number of ether oxygens (including phenoxy) is 2. The molecule has 2 aromatic heterocycles. The highest BCUT2D eigenvalue weighted by Crippen LogP contribution is 2.25. The van der Waals surface area contributed by atoms with Crippen molar-refractivity contribution in [3.05, 3.63) is 50.6 Å². The van der Waals surface area contributed by atoms with E-state index < -0.39 is 0 Å². The summed E-state index contributed by atoms with van der Waals surface area (Å²) in [6.07, 6.45) is 0.176. The van der Waals surface area contributed by atoms with Gasteiger partial charge in [0.2, 0.25) is 0 Å². The first kappa shape index (κ1) is 18.6. The van der Waals surface area contributed by atoms with Gasteiger partial charge in [0.1, 0.15) is 18.5 Å². The molecule has 0 bridgehead atoms. The number of aromatic nitrogens is 2. The Balaban J connectivity index is 1.75. The predicted molar refractivity (Wildman–Crippen MR) is 108 cm³/mol. The van der Waals surface area contributed by atoms with Crippen LogP contribution in [0.5, 0.6) is 5.75 Å². The molecular formula is C20H21N3O4S. The Hall–Kier alpha value is -2.71. The van der Waals surface area contributed by atoms with Crippen molar-refractivity contribution < 1.29 is 14.3 Å². The van der Waals surface area contributed by atoms with Crippen molar-refractivity contribution in [1.82, 2.24) is 15.1 Å². The van der Waals surface area contributed by atoms with Gasteiger partial charge in [-0.15, -0.1) is 11.3 Å². The smallest absolute Gasteiger partial charge is 0.280 e. The molecule has 3 aromatic rings. The van der Waals surface area contributed by atoms with Crippen LogP contribution >= 0.6 is 11.3 Å². The Bertz CT molecular complexity index is 1080. The summed E-state index contributed by atoms with van der Waals surface area (Å²) in [6, 6.07) is 7.05. The molecule has 0 spiro atoms. The largest absolute Gasteiger partial charge is 0.491 e. The lowest BCUT2D eigenvalue weighted by Crippen LogP contribution is -2.33. The fourth-order valence-corrected chi connectivity index (χ4v) is 3.75. The Labute approximate surface area is 165 Å². The van der Waals surface area contributed by atoms with Crippen LogP contribution in [0.2, 0.25) is 0 Å². The molecule has 3 heterocycles. The number of hydrogen-bond acceptors (Lipinski definition) is 6. The van der Waals surface area contributed by atoms with Gasteiger partial charge in [-0.1, -0.05) is 0 Å². The molecule has 1 aliphatic rings. The fraction of sp³-hybridized carbons (Fsp3) is 0.350. The van der Waals surface area contributed by atoms with E-state index in [9.17, 15) is 9.59 Å². The standard InChI is InChI=1S/C20H21N3O4S/c1-11(2)21-19(24)18-16-10-28-12(3)17(16)20(25)23(22-18)13-4-6-14(7-5-13)26-8-15-9-27-15/h4-7,10-11,15H,8-9H2,1-3H3,(H,21,24). The first-order chi connectivity index (χ1) is 13.4. The predicted octanol–water partition coefficient (Wildman–Crippen LogP) is 2.67. The number of thiophene rings is 1. The van der Waals surface area contributed by atoms with Crippen LogP contribution in [0.25, 0.3) is 16.5 Å². The fourth-order valence-electron chi connectivity index (χ4n) is 2.91. The van der Waals surface area contributed by atoms with Crippen LogP contribution in [0, 0.1) is 6.92 Å². The molecule has 1 amide bonds. The zero-order chi connectivity index (χ0) is 19.8. The van der Waals surface area contributed by atoms with Crippen molar-refractivity contribution in [3.63, 3.8) is 0 Å². The van der Waals surface area contributed by atoms with Crippen LogP contribution in [-0.4, -0.2) is 41.0 Å². The quantitative estimate of drug-likeness (QED) is 0.644. The molecule has 1 unspecified atom stereocenters. The third-order valence-corrected chi connectivity index (χ3v) is 5.30. The molecule has 1 saturated heterocycles. The van der Waals surface area contributed by atoms with E-state index in [1.807, 2.05) is 26.2 Å². The van der Waals surface area contributed by atoms with Crippen molar-refractivity contribution in [1.29, 1.82) is 0 Å². The van der Waals surface area contributed by atoms with Crippen LogP contribution in [0.3, 0.4) is 0 Å². The zero-order valence-electron chi connectivity index (χ0n) is 15.9. The van der Waals surface area contributed by atoms with Gasteiger partial charge in [0.05, 0.1) is 17.7 Å². The van der Waals surface area contributed by atoms with E-state index in [4.69, 9.17) is 9.47 Å². The van der Waals surface area contributed by atoms with Gasteiger partial charge in [-0.05, 0) is 45.0 Å². The molecule has 1 fully saturated rings. The lowest BCUT2D eigenvalue weighted by atomic mass is 10.2. The highest BCUT2D eigenvalue weighted by atomic mass is 32.1. The van der Waals surface area contributed by atoms with E-state index in [0.29, 0.717) is 28.8 Å². The Kier molecular flexibility index (Phi) is 4.91. The molecule has 1 aromatic carbocycles. The zero-order valence-corrected chi connectivity index (χ0v) is 16.7. The number of nitrogens with zero attached hydrogens (tertiary/aromatic N) is 2. The number of fused-ring (bicyclic) bond motifs is 1. The number of amides is 1. The van der Waals surface area contributed by atoms with E-state index in [0.717, 1.165) is 11.5 Å². The third kappa shape index (κ3) is 3.65. The molecule has 28 heavy (non-hydrogen) atoms. The van der Waals surface area contributed by atoms with Gasteiger partial charge in [0.25, 0.3) is 11.5 Å². The number of aryl methyl sites for hydroxylation is 1. The summed E-state index contributed by atoms with van der Waals surface area (Å²) in [6.45, 7) is 6.89. The van der Waals surface area contributed by atoms with Gasteiger partial charge < -0.3 is 14.8 Å². The van der Waals surface area contributed by atoms with Crippen LogP contribution in [0.1, 0.15) is 29.2 Å². The molecule has 1 N–H and O–H groups in total. The van der Waals surface area contributed by atoms with Crippen molar-refractivity contribution in [3.8, 4) is 11.4 Å². The average molecular weight is 399 g/mol. The van der Waals surface area contributed by atoms with Gasteiger partial charge in [-0.2, -0.15) is 9.78 Å². The summed E-state index contributed by atoms with van der Waals surface area (Å²) in [4.78, 5) is 26.6. The van der Waals surface area contributed by atoms with E-state index in [2.05, 4.69) is 10.4 Å². The maximum absolute atomic E-state index is 13.0. The summed E-state index contributed by atoms with van der Waals surface area (Å²) in [5, 5.41) is 10.2. The van der Waals surface area contributed by atoms with E-state index in [1.54, 1.807) is 24.3 Å². The van der Waals surface area contributed by atoms with E-state index in [1.165, 1.54) is 16.0 Å². The number of carbonyl (C=O) groups excluding carboxylic acids is 1. The molecule has 1 atom stereocenters. The maximum Gasteiger partial charge on any atom is 0.280 e. The third-order valence-electron chi connectivity index (χ3n) is 4.39. The molecule has 0 radical (unpaired) electrons. The first-order valence-electron chi connectivity index (χ1n) is 9.11. The highest BCUT2D eigenvalue weighted by molar-refractivity contribution is 7.11. The second-order valence-corrected chi connectivity index (χ2v) is 8.12. The molecule has 1 aliphatic heterocycles. The monoisotopic (exact) mass is 399 g/mol. The number of hydrogen-bond donors (Lipinski definition) is 1. The van der Waals surface area contributed by atoms with E-state index in [-0.39, 0.29) is 29.3 Å². The number of carbonyl (C=O) groups is 1. The van der Waals surface area contributed by atoms with Gasteiger partial charge in [0, 0.05) is 21.7 Å².